The van der Waals surface area contributed by atoms with Crippen molar-refractivity contribution in [2.75, 3.05) is 39.9 Å². The molecular formula is C22H26FN6O3+. The third-order valence-corrected chi connectivity index (χ3v) is 6.35. The number of amidine groups is 1. The number of aromatic nitrogens is 2. The standard InChI is InChI=1S/C22H26FN6O3/c1-15-13-28-18-19(24-21(28)27(15)8-7-26-9-11-32-12-10-26)25(2)22(31)29(20(18)30)14-16-5-3-4-6-17(16)23/h3-6,13,18H,7-12,14H2,1-2H3/q+1. The zero-order valence-electron chi connectivity index (χ0n) is 18.2. The number of hydrogen-bond acceptors (Lipinski definition) is 5. The minimum atomic E-state index is -0.734. The highest BCUT2D eigenvalue weighted by Crippen LogP contribution is 2.30. The second kappa shape index (κ2) is 8.10. The Labute approximate surface area is 185 Å². The number of imidazole rings is 1. The van der Waals surface area contributed by atoms with Gasteiger partial charge < -0.3 is 4.74 Å². The van der Waals surface area contributed by atoms with Gasteiger partial charge in [0.05, 0.1) is 26.3 Å². The van der Waals surface area contributed by atoms with Gasteiger partial charge in [0.15, 0.2) is 0 Å². The highest BCUT2D eigenvalue weighted by atomic mass is 19.1. The van der Waals surface area contributed by atoms with Crippen LogP contribution in [0.2, 0.25) is 0 Å². The Balaban J connectivity index is 1.42. The smallest absolute Gasteiger partial charge is 0.379 e. The highest BCUT2D eigenvalue weighted by Gasteiger charge is 2.53. The van der Waals surface area contributed by atoms with Gasteiger partial charge in [0.25, 0.3) is 5.91 Å². The van der Waals surface area contributed by atoms with E-state index in [1.165, 1.54) is 11.0 Å². The zero-order chi connectivity index (χ0) is 22.4. The predicted octanol–water partition coefficient (Wildman–Crippen LogP) is 1.23. The maximum atomic E-state index is 14.2. The molecule has 4 heterocycles. The largest absolute Gasteiger partial charge is 0.401 e. The summed E-state index contributed by atoms with van der Waals surface area (Å²) < 4.78 is 23.5. The van der Waals surface area contributed by atoms with Crippen molar-refractivity contribution < 1.29 is 23.3 Å². The Hall–Kier alpha value is -3.11. The number of likely N-dealkylation sites (N-methyl/N-ethyl adjacent to an activating group) is 1. The molecule has 0 radical (unpaired) electrons. The molecule has 10 heteroatoms. The zero-order valence-corrected chi connectivity index (χ0v) is 18.2. The molecule has 3 aliphatic rings. The molecule has 1 atom stereocenters. The number of rotatable bonds is 5. The number of benzene rings is 1. The molecule has 3 aliphatic heterocycles. The van der Waals surface area contributed by atoms with E-state index in [1.807, 2.05) is 17.7 Å². The Morgan fingerprint density at radius 3 is 2.69 bits per heavy atom. The fraction of sp³-hybridized carbons (Fsp3) is 0.455. The molecule has 0 spiro atoms. The number of fused-ring (bicyclic) bond motifs is 3. The second-order valence-electron chi connectivity index (χ2n) is 8.31. The summed E-state index contributed by atoms with van der Waals surface area (Å²) in [5.74, 6) is 0.209. The average Bonchev–Trinajstić information content (AvgIpc) is 3.30. The van der Waals surface area contributed by atoms with Crippen molar-refractivity contribution in [1.29, 1.82) is 0 Å². The number of urea groups is 1. The molecule has 0 aliphatic carbocycles. The molecule has 1 aromatic carbocycles. The van der Waals surface area contributed by atoms with Gasteiger partial charge in [-0.1, -0.05) is 23.2 Å². The molecule has 5 rings (SSSR count). The van der Waals surface area contributed by atoms with Crippen LogP contribution in [0.4, 0.5) is 15.1 Å². The SMILES string of the molecule is Cc1c[n+]2c(n1CCN1CCOCC1)N=C1C2C(=O)N(Cc2ccccc2F)C(=O)N1C. The molecule has 1 aromatic heterocycles. The second-order valence-corrected chi connectivity index (χ2v) is 8.31. The van der Waals surface area contributed by atoms with E-state index in [9.17, 15) is 14.0 Å². The molecular weight excluding hydrogens is 415 g/mol. The van der Waals surface area contributed by atoms with Crippen LogP contribution in [0.1, 0.15) is 17.3 Å². The molecule has 3 amide bonds. The summed E-state index contributed by atoms with van der Waals surface area (Å²) in [6.07, 6.45) is 1.90. The van der Waals surface area contributed by atoms with E-state index >= 15 is 0 Å². The number of carbonyl (C=O) groups excluding carboxylic acids is 2. The van der Waals surface area contributed by atoms with Crippen LogP contribution in [-0.4, -0.2) is 76.9 Å². The van der Waals surface area contributed by atoms with Crippen LogP contribution in [0.15, 0.2) is 35.5 Å². The monoisotopic (exact) mass is 441 g/mol. The van der Waals surface area contributed by atoms with Crippen LogP contribution >= 0.6 is 0 Å². The third-order valence-electron chi connectivity index (χ3n) is 6.35. The van der Waals surface area contributed by atoms with Crippen molar-refractivity contribution >= 4 is 23.7 Å². The van der Waals surface area contributed by atoms with Crippen molar-refractivity contribution in [2.24, 2.45) is 4.99 Å². The summed E-state index contributed by atoms with van der Waals surface area (Å²) in [4.78, 5) is 35.8. The summed E-state index contributed by atoms with van der Waals surface area (Å²) in [6, 6.07) is 4.94. The normalized spacial score (nSPS) is 21.1. The fourth-order valence-corrected chi connectivity index (χ4v) is 4.52. The highest BCUT2D eigenvalue weighted by molar-refractivity contribution is 6.19. The van der Waals surface area contributed by atoms with Gasteiger partial charge in [-0.25, -0.2) is 18.3 Å². The number of amides is 3. The van der Waals surface area contributed by atoms with Crippen LogP contribution in [0.25, 0.3) is 0 Å². The number of carbonyl (C=O) groups is 2. The van der Waals surface area contributed by atoms with Gasteiger partial charge in [0.1, 0.15) is 17.7 Å². The number of aryl methyl sites for hydroxylation is 1. The first-order valence-corrected chi connectivity index (χ1v) is 10.8. The average molecular weight is 441 g/mol. The minimum Gasteiger partial charge on any atom is -0.379 e. The number of aliphatic imine (C=N–C) groups is 1. The molecule has 0 bridgehead atoms. The number of hydrogen-bond donors (Lipinski definition) is 0. The van der Waals surface area contributed by atoms with Crippen LogP contribution in [0.3, 0.4) is 0 Å². The Kier molecular flexibility index (Phi) is 5.26. The Morgan fingerprint density at radius 2 is 1.94 bits per heavy atom. The summed E-state index contributed by atoms with van der Waals surface area (Å²) in [5, 5.41) is 0. The molecule has 2 aromatic rings. The molecule has 2 fully saturated rings. The van der Waals surface area contributed by atoms with Gasteiger partial charge in [-0.2, -0.15) is 0 Å². The number of nitrogens with zero attached hydrogens (tertiary/aromatic N) is 6. The van der Waals surface area contributed by atoms with Gasteiger partial charge in [-0.3, -0.25) is 19.5 Å². The molecule has 32 heavy (non-hydrogen) atoms. The first kappa shape index (κ1) is 20.8. The number of halogens is 1. The van der Waals surface area contributed by atoms with Crippen LogP contribution < -0.4 is 4.57 Å². The molecule has 0 saturated carbocycles. The fourth-order valence-electron chi connectivity index (χ4n) is 4.52. The summed E-state index contributed by atoms with van der Waals surface area (Å²) in [5.41, 5.74) is 1.29. The van der Waals surface area contributed by atoms with E-state index in [2.05, 4.69) is 14.5 Å². The molecule has 0 N–H and O–H groups in total. The van der Waals surface area contributed by atoms with Crippen LogP contribution in [0, 0.1) is 12.7 Å². The third kappa shape index (κ3) is 3.39. The lowest BCUT2D eigenvalue weighted by molar-refractivity contribution is -0.677. The summed E-state index contributed by atoms with van der Waals surface area (Å²) in [7, 11) is 1.60. The molecule has 168 valence electrons. The van der Waals surface area contributed by atoms with Crippen molar-refractivity contribution in [3.63, 3.8) is 0 Å². The van der Waals surface area contributed by atoms with Gasteiger partial charge in [0.2, 0.25) is 11.9 Å². The van der Waals surface area contributed by atoms with E-state index in [0.717, 1.165) is 50.0 Å². The summed E-state index contributed by atoms with van der Waals surface area (Å²) in [6.45, 7) is 6.71. The maximum Gasteiger partial charge on any atom is 0.401 e. The lowest BCUT2D eigenvalue weighted by Gasteiger charge is -2.33. The van der Waals surface area contributed by atoms with Crippen molar-refractivity contribution in [1.82, 2.24) is 19.3 Å². The Morgan fingerprint density at radius 1 is 1.19 bits per heavy atom. The lowest BCUT2D eigenvalue weighted by atomic mass is 10.1. The van der Waals surface area contributed by atoms with E-state index in [1.54, 1.807) is 25.2 Å². The quantitative estimate of drug-likeness (QED) is 0.655. The van der Waals surface area contributed by atoms with Gasteiger partial charge in [-0.15, -0.1) is 0 Å². The van der Waals surface area contributed by atoms with E-state index in [-0.39, 0.29) is 6.54 Å². The summed E-state index contributed by atoms with van der Waals surface area (Å²) >= 11 is 0. The lowest BCUT2D eigenvalue weighted by Crippen LogP contribution is -2.62. The van der Waals surface area contributed by atoms with Crippen molar-refractivity contribution in [3.8, 4) is 0 Å². The van der Waals surface area contributed by atoms with Gasteiger partial charge in [0, 0.05) is 32.2 Å². The van der Waals surface area contributed by atoms with Crippen LogP contribution in [-0.2, 0) is 22.6 Å². The number of morpholine rings is 1. The molecule has 9 nitrogen and oxygen atoms in total. The number of ether oxygens (including phenoxy) is 1. The topological polar surface area (TPSA) is 74.3 Å². The van der Waals surface area contributed by atoms with E-state index in [4.69, 9.17) is 4.74 Å². The van der Waals surface area contributed by atoms with E-state index < -0.39 is 23.8 Å². The predicted molar refractivity (Wildman–Crippen MR) is 113 cm³/mol. The van der Waals surface area contributed by atoms with Gasteiger partial charge >= 0.3 is 12.0 Å². The van der Waals surface area contributed by atoms with Crippen molar-refractivity contribution in [3.05, 3.63) is 47.5 Å². The molecule has 1 unspecified atom stereocenters. The number of imide groups is 1. The molecule has 2 saturated heterocycles. The Bertz CT molecular complexity index is 1110. The first-order chi connectivity index (χ1) is 15.5. The first-order valence-electron chi connectivity index (χ1n) is 10.8. The maximum absolute atomic E-state index is 14.2. The van der Waals surface area contributed by atoms with Crippen molar-refractivity contribution in [2.45, 2.75) is 26.1 Å². The minimum absolute atomic E-state index is 0.120. The van der Waals surface area contributed by atoms with Gasteiger partial charge in [-0.05, 0) is 13.0 Å². The van der Waals surface area contributed by atoms with Crippen LogP contribution in [0.5, 0.6) is 0 Å². The van der Waals surface area contributed by atoms with E-state index in [0.29, 0.717) is 17.3 Å².